The topological polar surface area (TPSA) is 69.0 Å². The van der Waals surface area contributed by atoms with Gasteiger partial charge in [0.05, 0.1) is 17.6 Å². The van der Waals surface area contributed by atoms with Gasteiger partial charge in [-0.2, -0.15) is 0 Å². The van der Waals surface area contributed by atoms with Crippen LogP contribution in [-0.2, 0) is 13.0 Å². The van der Waals surface area contributed by atoms with Gasteiger partial charge in [0.25, 0.3) is 5.91 Å². The van der Waals surface area contributed by atoms with E-state index < -0.39 is 0 Å². The fraction of sp³-hybridized carbons (Fsp3) is 0.269. The Morgan fingerprint density at radius 3 is 2.69 bits per heavy atom. The molecule has 1 amide bonds. The number of rotatable bonds is 9. The molecule has 32 heavy (non-hydrogen) atoms. The molecule has 6 nitrogen and oxygen atoms in total. The van der Waals surface area contributed by atoms with Crippen LogP contribution < -0.4 is 10.1 Å². The van der Waals surface area contributed by atoms with Gasteiger partial charge >= 0.3 is 0 Å². The summed E-state index contributed by atoms with van der Waals surface area (Å²) in [7, 11) is 0. The van der Waals surface area contributed by atoms with Crippen molar-refractivity contribution < 1.29 is 9.53 Å². The summed E-state index contributed by atoms with van der Waals surface area (Å²) in [6.45, 7) is 6.02. The van der Waals surface area contributed by atoms with Crippen LogP contribution in [0.15, 0.2) is 67.0 Å². The Morgan fingerprint density at radius 1 is 1.06 bits per heavy atom. The molecule has 0 aliphatic heterocycles. The summed E-state index contributed by atoms with van der Waals surface area (Å²) in [5.74, 6) is 1.84. The maximum Gasteiger partial charge on any atom is 0.251 e. The van der Waals surface area contributed by atoms with E-state index in [1.54, 1.807) is 24.5 Å². The Bertz CT molecular complexity index is 1200. The van der Waals surface area contributed by atoms with Gasteiger partial charge in [-0.05, 0) is 56.2 Å². The smallest absolute Gasteiger partial charge is 0.251 e. The molecule has 4 aromatic rings. The van der Waals surface area contributed by atoms with Crippen LogP contribution in [0, 0.1) is 13.8 Å². The molecular formula is C26H28N4O2. The van der Waals surface area contributed by atoms with Gasteiger partial charge in [0, 0.05) is 30.9 Å². The number of hydrogen-bond donors (Lipinski definition) is 1. The van der Waals surface area contributed by atoms with Crippen molar-refractivity contribution in [3.8, 4) is 5.75 Å². The second kappa shape index (κ2) is 10.1. The van der Waals surface area contributed by atoms with Gasteiger partial charge in [-0.3, -0.25) is 9.78 Å². The van der Waals surface area contributed by atoms with Crippen molar-refractivity contribution in [2.75, 3.05) is 13.2 Å². The van der Waals surface area contributed by atoms with E-state index >= 15 is 0 Å². The van der Waals surface area contributed by atoms with E-state index in [0.29, 0.717) is 25.3 Å². The minimum Gasteiger partial charge on any atom is -0.491 e. The van der Waals surface area contributed by atoms with E-state index in [1.165, 1.54) is 5.56 Å². The third kappa shape index (κ3) is 5.14. The van der Waals surface area contributed by atoms with E-state index in [2.05, 4.69) is 46.9 Å². The van der Waals surface area contributed by atoms with E-state index in [9.17, 15) is 4.79 Å². The van der Waals surface area contributed by atoms with Crippen molar-refractivity contribution in [1.29, 1.82) is 0 Å². The first kappa shape index (κ1) is 21.6. The lowest BCUT2D eigenvalue weighted by Crippen LogP contribution is -2.25. The van der Waals surface area contributed by atoms with Crippen molar-refractivity contribution in [2.24, 2.45) is 0 Å². The van der Waals surface area contributed by atoms with Crippen LogP contribution in [0.3, 0.4) is 0 Å². The molecule has 164 valence electrons. The Morgan fingerprint density at radius 2 is 1.88 bits per heavy atom. The summed E-state index contributed by atoms with van der Waals surface area (Å²) in [6, 6.07) is 17.8. The molecule has 0 radical (unpaired) electrons. The third-order valence-corrected chi connectivity index (χ3v) is 5.44. The van der Waals surface area contributed by atoms with Crippen LogP contribution in [0.2, 0.25) is 0 Å². The molecule has 0 spiro atoms. The fourth-order valence-corrected chi connectivity index (χ4v) is 3.83. The fourth-order valence-electron chi connectivity index (χ4n) is 3.83. The number of carbonyl (C=O) groups excluding carboxylic acids is 1. The number of para-hydroxylation sites is 2. The zero-order valence-corrected chi connectivity index (χ0v) is 18.5. The number of ether oxygens (including phenoxy) is 1. The van der Waals surface area contributed by atoms with Crippen molar-refractivity contribution in [2.45, 2.75) is 33.2 Å². The van der Waals surface area contributed by atoms with Crippen molar-refractivity contribution in [3.63, 3.8) is 0 Å². The SMILES string of the molecule is Cc1ccc(OCCn2c(CCCNC(=O)c3ccncc3)nc3ccccc32)c(C)c1. The second-order valence-corrected chi connectivity index (χ2v) is 7.88. The van der Waals surface area contributed by atoms with E-state index in [-0.39, 0.29) is 5.91 Å². The molecule has 0 saturated carbocycles. The highest BCUT2D eigenvalue weighted by atomic mass is 16.5. The molecule has 0 fully saturated rings. The largest absolute Gasteiger partial charge is 0.491 e. The van der Waals surface area contributed by atoms with Gasteiger partial charge in [0.2, 0.25) is 0 Å². The highest BCUT2D eigenvalue weighted by Crippen LogP contribution is 2.20. The number of aryl methyl sites for hydroxylation is 3. The monoisotopic (exact) mass is 428 g/mol. The van der Waals surface area contributed by atoms with Crippen LogP contribution in [-0.4, -0.2) is 33.6 Å². The molecule has 2 aromatic heterocycles. The van der Waals surface area contributed by atoms with Crippen LogP contribution in [0.25, 0.3) is 11.0 Å². The molecular weight excluding hydrogens is 400 g/mol. The Balaban J connectivity index is 1.38. The van der Waals surface area contributed by atoms with Gasteiger partial charge in [-0.25, -0.2) is 4.98 Å². The molecule has 0 unspecified atom stereocenters. The predicted molar refractivity (Wildman–Crippen MR) is 126 cm³/mol. The van der Waals surface area contributed by atoms with Crippen LogP contribution in [0.5, 0.6) is 5.75 Å². The van der Waals surface area contributed by atoms with Crippen LogP contribution in [0.4, 0.5) is 0 Å². The summed E-state index contributed by atoms with van der Waals surface area (Å²) in [5.41, 5.74) is 5.08. The minimum atomic E-state index is -0.0808. The molecule has 2 heterocycles. The van der Waals surface area contributed by atoms with E-state index in [1.807, 2.05) is 24.3 Å². The summed E-state index contributed by atoms with van der Waals surface area (Å²) in [5, 5.41) is 2.97. The first-order chi connectivity index (χ1) is 15.6. The number of fused-ring (bicyclic) bond motifs is 1. The molecule has 1 N–H and O–H groups in total. The summed E-state index contributed by atoms with van der Waals surface area (Å²) < 4.78 is 8.29. The highest BCUT2D eigenvalue weighted by Gasteiger charge is 2.11. The number of benzene rings is 2. The standard InChI is InChI=1S/C26H28N4O2/c1-19-9-10-24(20(2)18-19)32-17-16-30-23-7-4-3-6-22(23)29-25(30)8-5-13-28-26(31)21-11-14-27-15-12-21/h3-4,6-7,9-12,14-15,18H,5,8,13,16-17H2,1-2H3,(H,28,31). The average Bonchev–Trinajstić information content (AvgIpc) is 3.16. The summed E-state index contributed by atoms with van der Waals surface area (Å²) in [6.07, 6.45) is 4.82. The summed E-state index contributed by atoms with van der Waals surface area (Å²) in [4.78, 5) is 21.0. The lowest BCUT2D eigenvalue weighted by atomic mass is 10.1. The number of carbonyl (C=O) groups is 1. The van der Waals surface area contributed by atoms with E-state index in [4.69, 9.17) is 9.72 Å². The van der Waals surface area contributed by atoms with Crippen molar-refractivity contribution in [1.82, 2.24) is 19.9 Å². The second-order valence-electron chi connectivity index (χ2n) is 7.88. The zero-order valence-electron chi connectivity index (χ0n) is 18.5. The molecule has 0 aliphatic carbocycles. The van der Waals surface area contributed by atoms with Crippen LogP contribution in [0.1, 0.15) is 33.7 Å². The van der Waals surface area contributed by atoms with E-state index in [0.717, 1.165) is 41.0 Å². The number of amides is 1. The molecule has 6 heteroatoms. The molecule has 4 rings (SSSR count). The normalized spacial score (nSPS) is 10.9. The van der Waals surface area contributed by atoms with Crippen molar-refractivity contribution in [3.05, 3.63) is 89.5 Å². The Labute approximate surface area is 188 Å². The quantitative estimate of drug-likeness (QED) is 0.399. The molecule has 0 aliphatic rings. The number of nitrogens with zero attached hydrogens (tertiary/aromatic N) is 3. The summed E-state index contributed by atoms with van der Waals surface area (Å²) >= 11 is 0. The third-order valence-electron chi connectivity index (χ3n) is 5.44. The first-order valence-electron chi connectivity index (χ1n) is 10.9. The molecule has 0 atom stereocenters. The minimum absolute atomic E-state index is 0.0808. The molecule has 2 aromatic carbocycles. The first-order valence-corrected chi connectivity index (χ1v) is 10.9. The molecule has 0 bridgehead atoms. The Kier molecular flexibility index (Phi) is 6.80. The maximum atomic E-state index is 12.2. The van der Waals surface area contributed by atoms with Gasteiger partial charge in [-0.1, -0.05) is 29.8 Å². The number of hydrogen-bond acceptors (Lipinski definition) is 4. The Hall–Kier alpha value is -3.67. The zero-order chi connectivity index (χ0) is 22.3. The number of nitrogens with one attached hydrogen (secondary N) is 1. The lowest BCUT2D eigenvalue weighted by Gasteiger charge is -2.13. The highest BCUT2D eigenvalue weighted by molar-refractivity contribution is 5.93. The average molecular weight is 429 g/mol. The number of aromatic nitrogens is 3. The lowest BCUT2D eigenvalue weighted by molar-refractivity contribution is 0.0953. The van der Waals surface area contributed by atoms with Gasteiger partial charge in [-0.15, -0.1) is 0 Å². The maximum absolute atomic E-state index is 12.2. The van der Waals surface area contributed by atoms with Gasteiger partial charge in [0.15, 0.2) is 0 Å². The van der Waals surface area contributed by atoms with Crippen LogP contribution >= 0.6 is 0 Å². The van der Waals surface area contributed by atoms with Crippen molar-refractivity contribution >= 4 is 16.9 Å². The van der Waals surface area contributed by atoms with Gasteiger partial charge in [0.1, 0.15) is 18.2 Å². The molecule has 0 saturated heterocycles. The number of imidazole rings is 1. The predicted octanol–water partition coefficient (Wildman–Crippen LogP) is 4.49. The van der Waals surface area contributed by atoms with Gasteiger partial charge < -0.3 is 14.6 Å². The number of pyridine rings is 1.